The second-order valence-corrected chi connectivity index (χ2v) is 2.54. The molecule has 0 unspecified atom stereocenters. The molecule has 52 valence electrons. The normalized spacial score (nSPS) is 17.1. The molecule has 0 radical (unpaired) electrons. The summed E-state index contributed by atoms with van der Waals surface area (Å²) in [6, 6.07) is 0. The fraction of sp³-hybridized carbons (Fsp3) is 0.750. The molecule has 0 atom stereocenters. The van der Waals surface area contributed by atoms with E-state index in [1.807, 2.05) is 0 Å². The highest BCUT2D eigenvalue weighted by Crippen LogP contribution is 2.18. The molecule has 1 N–H and O–H groups in total. The van der Waals surface area contributed by atoms with E-state index in [1.54, 1.807) is 5.57 Å². The van der Waals surface area contributed by atoms with Gasteiger partial charge in [0.15, 0.2) is 0 Å². The predicted octanol–water partition coefficient (Wildman–Crippen LogP) is 2.05. The third kappa shape index (κ3) is 1.26. The number of nitrogens with one attached hydrogen (secondary N) is 1. The molecule has 1 heteroatoms. The summed E-state index contributed by atoms with van der Waals surface area (Å²) < 4.78 is 0. The molecule has 1 aliphatic heterocycles. The zero-order valence-electron chi connectivity index (χ0n) is 6.33. The number of hydrogen-bond donors (Lipinski definition) is 1. The molecule has 9 heavy (non-hydrogen) atoms. The van der Waals surface area contributed by atoms with Crippen LogP contribution in [-0.4, -0.2) is 6.54 Å². The van der Waals surface area contributed by atoms with E-state index < -0.39 is 0 Å². The van der Waals surface area contributed by atoms with Gasteiger partial charge in [0.2, 0.25) is 0 Å². The first-order chi connectivity index (χ1) is 4.38. The van der Waals surface area contributed by atoms with Gasteiger partial charge in [-0.25, -0.2) is 0 Å². The highest BCUT2D eigenvalue weighted by molar-refractivity contribution is 5.23. The average Bonchev–Trinajstić information content (AvgIpc) is 1.82. The Morgan fingerprint density at radius 2 is 2.22 bits per heavy atom. The van der Waals surface area contributed by atoms with Gasteiger partial charge >= 0.3 is 0 Å². The van der Waals surface area contributed by atoms with Crippen molar-refractivity contribution in [2.75, 3.05) is 6.54 Å². The van der Waals surface area contributed by atoms with Crippen LogP contribution in [0.1, 0.15) is 33.1 Å². The summed E-state index contributed by atoms with van der Waals surface area (Å²) in [5, 5.41) is 3.31. The average molecular weight is 125 g/mol. The summed E-state index contributed by atoms with van der Waals surface area (Å²) in [4.78, 5) is 0. The number of hydrogen-bond acceptors (Lipinski definition) is 1. The van der Waals surface area contributed by atoms with Crippen LogP contribution in [0.4, 0.5) is 0 Å². The van der Waals surface area contributed by atoms with Gasteiger partial charge in [-0.05, 0) is 18.4 Å². The third-order valence-corrected chi connectivity index (χ3v) is 1.85. The molecule has 0 spiro atoms. The monoisotopic (exact) mass is 125 g/mol. The molecule has 0 bridgehead atoms. The minimum Gasteiger partial charge on any atom is -0.385 e. The summed E-state index contributed by atoms with van der Waals surface area (Å²) in [7, 11) is 0. The first kappa shape index (κ1) is 6.66. The molecular weight excluding hydrogens is 110 g/mol. The van der Waals surface area contributed by atoms with Gasteiger partial charge in [-0.3, -0.25) is 0 Å². The van der Waals surface area contributed by atoms with Gasteiger partial charge < -0.3 is 5.32 Å². The van der Waals surface area contributed by atoms with Crippen molar-refractivity contribution in [1.29, 1.82) is 0 Å². The molecule has 0 fully saturated rings. The molecule has 1 nitrogen and oxygen atoms in total. The first-order valence-corrected chi connectivity index (χ1v) is 3.83. The van der Waals surface area contributed by atoms with E-state index >= 15 is 0 Å². The van der Waals surface area contributed by atoms with Crippen LogP contribution >= 0.6 is 0 Å². The van der Waals surface area contributed by atoms with E-state index in [0.29, 0.717) is 0 Å². The maximum absolute atomic E-state index is 3.31. The van der Waals surface area contributed by atoms with E-state index in [4.69, 9.17) is 0 Å². The Balaban J connectivity index is 2.39. The Labute approximate surface area is 57.1 Å². The van der Waals surface area contributed by atoms with Gasteiger partial charge in [-0.1, -0.05) is 20.3 Å². The third-order valence-electron chi connectivity index (χ3n) is 1.85. The topological polar surface area (TPSA) is 12.0 Å². The lowest BCUT2D eigenvalue weighted by molar-refractivity contribution is 0.661. The van der Waals surface area contributed by atoms with Gasteiger partial charge in [0.25, 0.3) is 0 Å². The largest absolute Gasteiger partial charge is 0.385 e. The Bertz CT molecular complexity index is 125. The van der Waals surface area contributed by atoms with E-state index in [-0.39, 0.29) is 0 Å². The van der Waals surface area contributed by atoms with Gasteiger partial charge in [0, 0.05) is 12.2 Å². The molecule has 0 aromatic heterocycles. The number of allylic oxidation sites excluding steroid dienone is 1. The highest BCUT2D eigenvalue weighted by Gasteiger charge is 2.11. The molecule has 1 rings (SSSR count). The van der Waals surface area contributed by atoms with Crippen molar-refractivity contribution in [3.63, 3.8) is 0 Å². The molecule has 0 amide bonds. The fourth-order valence-corrected chi connectivity index (χ4v) is 1.25. The van der Waals surface area contributed by atoms with Crippen LogP contribution in [0, 0.1) is 0 Å². The van der Waals surface area contributed by atoms with Gasteiger partial charge in [-0.2, -0.15) is 0 Å². The molecule has 1 aliphatic rings. The van der Waals surface area contributed by atoms with Crippen molar-refractivity contribution in [3.8, 4) is 0 Å². The fourth-order valence-electron chi connectivity index (χ4n) is 1.25. The number of rotatable bonds is 3. The van der Waals surface area contributed by atoms with E-state index in [2.05, 4.69) is 19.2 Å². The molecule has 0 aromatic carbocycles. The SMILES string of the molecule is CCCC1=C(CC)NC1. The van der Waals surface area contributed by atoms with Crippen molar-refractivity contribution in [3.05, 3.63) is 11.3 Å². The van der Waals surface area contributed by atoms with Gasteiger partial charge in [0.1, 0.15) is 0 Å². The van der Waals surface area contributed by atoms with Crippen LogP contribution in [0.3, 0.4) is 0 Å². The van der Waals surface area contributed by atoms with Crippen molar-refractivity contribution in [1.82, 2.24) is 5.32 Å². The molecule has 1 heterocycles. The van der Waals surface area contributed by atoms with Crippen LogP contribution < -0.4 is 5.32 Å². The van der Waals surface area contributed by atoms with Crippen molar-refractivity contribution in [2.24, 2.45) is 0 Å². The zero-order valence-corrected chi connectivity index (χ0v) is 6.33. The van der Waals surface area contributed by atoms with Crippen molar-refractivity contribution in [2.45, 2.75) is 33.1 Å². The van der Waals surface area contributed by atoms with E-state index in [1.165, 1.54) is 25.0 Å². The summed E-state index contributed by atoms with van der Waals surface area (Å²) in [5.41, 5.74) is 3.15. The summed E-state index contributed by atoms with van der Waals surface area (Å²) >= 11 is 0. The van der Waals surface area contributed by atoms with Crippen LogP contribution in [0.25, 0.3) is 0 Å². The van der Waals surface area contributed by atoms with E-state index in [9.17, 15) is 0 Å². The Kier molecular flexibility index (Phi) is 2.15. The van der Waals surface area contributed by atoms with Crippen molar-refractivity contribution < 1.29 is 0 Å². The highest BCUT2D eigenvalue weighted by atomic mass is 14.9. The quantitative estimate of drug-likeness (QED) is 0.608. The van der Waals surface area contributed by atoms with E-state index in [0.717, 1.165) is 6.54 Å². The maximum atomic E-state index is 3.31. The molecular formula is C8H15N. The standard InChI is InChI=1S/C8H15N/c1-3-5-7-6-9-8(7)4-2/h9H,3-6H2,1-2H3. The maximum Gasteiger partial charge on any atom is 0.0377 e. The smallest absolute Gasteiger partial charge is 0.0377 e. The summed E-state index contributed by atoms with van der Waals surface area (Å²) in [6.45, 7) is 5.59. The van der Waals surface area contributed by atoms with Crippen LogP contribution in [0.2, 0.25) is 0 Å². The van der Waals surface area contributed by atoms with Crippen molar-refractivity contribution >= 4 is 0 Å². The Morgan fingerprint density at radius 1 is 1.44 bits per heavy atom. The lowest BCUT2D eigenvalue weighted by Crippen LogP contribution is -2.29. The molecule has 0 aliphatic carbocycles. The lowest BCUT2D eigenvalue weighted by Gasteiger charge is -2.25. The first-order valence-electron chi connectivity index (χ1n) is 3.83. The zero-order chi connectivity index (χ0) is 6.69. The second kappa shape index (κ2) is 2.90. The van der Waals surface area contributed by atoms with Crippen LogP contribution in [-0.2, 0) is 0 Å². The minimum atomic E-state index is 1.15. The minimum absolute atomic E-state index is 1.15. The molecule has 0 saturated carbocycles. The van der Waals surface area contributed by atoms with Gasteiger partial charge in [-0.15, -0.1) is 0 Å². The molecule has 0 aromatic rings. The molecule has 0 saturated heterocycles. The second-order valence-electron chi connectivity index (χ2n) is 2.54. The summed E-state index contributed by atoms with van der Waals surface area (Å²) in [6.07, 6.45) is 3.78. The Morgan fingerprint density at radius 3 is 2.56 bits per heavy atom. The van der Waals surface area contributed by atoms with Gasteiger partial charge in [0.05, 0.1) is 0 Å². The Hall–Kier alpha value is -0.460. The predicted molar refractivity (Wildman–Crippen MR) is 40.2 cm³/mol. The van der Waals surface area contributed by atoms with Crippen LogP contribution in [0.15, 0.2) is 11.3 Å². The summed E-state index contributed by atoms with van der Waals surface area (Å²) in [5.74, 6) is 0. The van der Waals surface area contributed by atoms with Crippen LogP contribution in [0.5, 0.6) is 0 Å². The lowest BCUT2D eigenvalue weighted by atomic mass is 10.0.